The second-order valence-corrected chi connectivity index (χ2v) is 7.77. The second kappa shape index (κ2) is 7.27. The molecule has 134 valence electrons. The highest BCUT2D eigenvalue weighted by Gasteiger charge is 2.22. The first-order valence-electron chi connectivity index (χ1n) is 7.63. The molecule has 0 aliphatic rings. The number of nitroso groups, excluding NO2 is 1. The summed E-state index contributed by atoms with van der Waals surface area (Å²) in [6, 6.07) is 15.4. The number of benzene rings is 2. The molecule has 3 aromatic rings. The van der Waals surface area contributed by atoms with Crippen molar-refractivity contribution < 1.29 is 8.42 Å². The van der Waals surface area contributed by atoms with Gasteiger partial charge in [-0.25, -0.2) is 13.1 Å². The molecule has 0 bridgehead atoms. The van der Waals surface area contributed by atoms with Crippen LogP contribution in [0.5, 0.6) is 0 Å². The van der Waals surface area contributed by atoms with Gasteiger partial charge in [0.05, 0.1) is 17.1 Å². The maximum absolute atomic E-state index is 12.6. The number of anilines is 1. The summed E-state index contributed by atoms with van der Waals surface area (Å²) in [5.74, 6) is -0.262. The summed E-state index contributed by atoms with van der Waals surface area (Å²) < 4.78 is 28.9. The monoisotopic (exact) mass is 390 g/mol. The Bertz CT molecular complexity index is 1050. The van der Waals surface area contributed by atoms with Gasteiger partial charge in [0.25, 0.3) is 0 Å². The Morgan fingerprint density at radius 3 is 2.54 bits per heavy atom. The predicted molar refractivity (Wildman–Crippen MR) is 101 cm³/mol. The Labute approximate surface area is 155 Å². The fraction of sp³-hybridized carbons (Fsp3) is 0.118. The molecule has 0 amide bonds. The van der Waals surface area contributed by atoms with Crippen LogP contribution in [0.4, 0.5) is 11.5 Å². The van der Waals surface area contributed by atoms with E-state index in [1.807, 2.05) is 0 Å². The zero-order chi connectivity index (χ0) is 18.7. The first-order chi connectivity index (χ1) is 12.4. The number of nitrogens with one attached hydrogen (secondary N) is 1. The van der Waals surface area contributed by atoms with Gasteiger partial charge in [-0.05, 0) is 35.9 Å². The van der Waals surface area contributed by atoms with Crippen molar-refractivity contribution in [2.24, 2.45) is 5.18 Å². The van der Waals surface area contributed by atoms with Crippen LogP contribution in [0.2, 0.25) is 5.02 Å². The molecule has 0 radical (unpaired) electrons. The lowest BCUT2D eigenvalue weighted by atomic mass is 10.2. The van der Waals surface area contributed by atoms with E-state index in [-0.39, 0.29) is 17.3 Å². The quantitative estimate of drug-likeness (QED) is 0.639. The van der Waals surface area contributed by atoms with Gasteiger partial charge in [-0.2, -0.15) is 5.10 Å². The fourth-order valence-corrected chi connectivity index (χ4v) is 3.86. The molecule has 3 rings (SSSR count). The van der Waals surface area contributed by atoms with Gasteiger partial charge in [0.1, 0.15) is 0 Å². The molecule has 0 saturated heterocycles. The molecule has 1 heterocycles. The van der Waals surface area contributed by atoms with Crippen molar-refractivity contribution >= 4 is 33.1 Å². The molecule has 7 nitrogen and oxygen atoms in total. The highest BCUT2D eigenvalue weighted by molar-refractivity contribution is 7.91. The lowest BCUT2D eigenvalue weighted by molar-refractivity contribution is 0.600. The van der Waals surface area contributed by atoms with Gasteiger partial charge in [-0.1, -0.05) is 48.0 Å². The van der Waals surface area contributed by atoms with Crippen molar-refractivity contribution in [1.82, 2.24) is 9.78 Å². The molecule has 0 spiro atoms. The maximum Gasteiger partial charge on any atom is 0.238 e. The van der Waals surface area contributed by atoms with Crippen molar-refractivity contribution in [2.45, 2.75) is 12.7 Å². The lowest BCUT2D eigenvalue weighted by Gasteiger charge is -2.11. The summed E-state index contributed by atoms with van der Waals surface area (Å²) in [5, 5.41) is 7.61. The standard InChI is InChI=1S/C17H15ClN4O3S/c1-12-16(20-23)17(22(19-12)15-9-5-8-14(18)10-15)21-26(24,25)11-13-6-3-2-4-7-13/h2-10,21H,11H2,1H3. The minimum absolute atomic E-state index is 0.0179. The van der Waals surface area contributed by atoms with Crippen molar-refractivity contribution in [3.8, 4) is 5.69 Å². The van der Waals surface area contributed by atoms with E-state index in [2.05, 4.69) is 15.0 Å². The van der Waals surface area contributed by atoms with Crippen molar-refractivity contribution in [2.75, 3.05) is 4.72 Å². The van der Waals surface area contributed by atoms with Crippen LogP contribution in [-0.2, 0) is 15.8 Å². The number of aryl methyl sites for hydroxylation is 1. The van der Waals surface area contributed by atoms with E-state index in [1.54, 1.807) is 61.5 Å². The molecule has 0 aliphatic carbocycles. The molecular formula is C17H15ClN4O3S. The van der Waals surface area contributed by atoms with Crippen LogP contribution < -0.4 is 4.72 Å². The minimum Gasteiger partial charge on any atom is -0.265 e. The van der Waals surface area contributed by atoms with E-state index in [0.29, 0.717) is 22.0 Å². The summed E-state index contributed by atoms with van der Waals surface area (Å²) >= 11 is 6.00. The molecule has 1 aromatic heterocycles. The van der Waals surface area contributed by atoms with Crippen molar-refractivity contribution in [3.05, 3.63) is 75.8 Å². The molecular weight excluding hydrogens is 376 g/mol. The highest BCUT2D eigenvalue weighted by atomic mass is 35.5. The lowest BCUT2D eigenvalue weighted by Crippen LogP contribution is -2.17. The van der Waals surface area contributed by atoms with Crippen LogP contribution >= 0.6 is 11.6 Å². The number of halogens is 1. The Kier molecular flexibility index (Phi) is 5.06. The average molecular weight is 391 g/mol. The van der Waals surface area contributed by atoms with Gasteiger partial charge in [0.2, 0.25) is 10.0 Å². The third kappa shape index (κ3) is 3.92. The van der Waals surface area contributed by atoms with Crippen LogP contribution in [0.3, 0.4) is 0 Å². The zero-order valence-corrected chi connectivity index (χ0v) is 15.3. The normalized spacial score (nSPS) is 11.3. The Hall–Kier alpha value is -2.71. The average Bonchev–Trinajstić information content (AvgIpc) is 2.90. The van der Waals surface area contributed by atoms with E-state index >= 15 is 0 Å². The Balaban J connectivity index is 2.02. The summed E-state index contributed by atoms with van der Waals surface area (Å²) in [5.41, 5.74) is 1.36. The van der Waals surface area contributed by atoms with E-state index in [4.69, 9.17) is 11.6 Å². The number of aromatic nitrogens is 2. The number of hydrogen-bond acceptors (Lipinski definition) is 5. The Morgan fingerprint density at radius 2 is 1.88 bits per heavy atom. The van der Waals surface area contributed by atoms with E-state index in [1.165, 1.54) is 4.68 Å². The van der Waals surface area contributed by atoms with Crippen molar-refractivity contribution in [1.29, 1.82) is 0 Å². The molecule has 0 saturated carbocycles. The van der Waals surface area contributed by atoms with Gasteiger partial charge < -0.3 is 0 Å². The zero-order valence-electron chi connectivity index (χ0n) is 13.8. The molecule has 0 unspecified atom stereocenters. The molecule has 2 aromatic carbocycles. The van der Waals surface area contributed by atoms with Crippen LogP contribution in [0.15, 0.2) is 59.8 Å². The second-order valence-electron chi connectivity index (χ2n) is 5.61. The molecule has 0 aliphatic heterocycles. The first-order valence-corrected chi connectivity index (χ1v) is 9.66. The highest BCUT2D eigenvalue weighted by Crippen LogP contribution is 2.32. The minimum atomic E-state index is -3.79. The maximum atomic E-state index is 12.6. The third-order valence-corrected chi connectivity index (χ3v) is 5.08. The Morgan fingerprint density at radius 1 is 1.15 bits per heavy atom. The van der Waals surface area contributed by atoms with Gasteiger partial charge in [0.15, 0.2) is 11.5 Å². The molecule has 0 atom stereocenters. The van der Waals surface area contributed by atoms with Crippen LogP contribution in [0, 0.1) is 11.8 Å². The smallest absolute Gasteiger partial charge is 0.238 e. The molecule has 26 heavy (non-hydrogen) atoms. The van der Waals surface area contributed by atoms with Gasteiger partial charge in [-0.3, -0.25) is 4.72 Å². The van der Waals surface area contributed by atoms with Gasteiger partial charge >= 0.3 is 0 Å². The van der Waals surface area contributed by atoms with Gasteiger partial charge in [0, 0.05) is 5.02 Å². The van der Waals surface area contributed by atoms with E-state index in [0.717, 1.165) is 0 Å². The third-order valence-electron chi connectivity index (χ3n) is 3.62. The number of sulfonamides is 1. The first kappa shape index (κ1) is 18.1. The number of hydrogen-bond donors (Lipinski definition) is 1. The van der Waals surface area contributed by atoms with Gasteiger partial charge in [-0.15, -0.1) is 4.91 Å². The number of rotatable bonds is 6. The molecule has 9 heteroatoms. The van der Waals surface area contributed by atoms with E-state index < -0.39 is 10.0 Å². The topological polar surface area (TPSA) is 93.4 Å². The predicted octanol–water partition coefficient (Wildman–Crippen LogP) is 4.17. The van der Waals surface area contributed by atoms with Crippen LogP contribution in [0.25, 0.3) is 5.69 Å². The van der Waals surface area contributed by atoms with Crippen LogP contribution in [0.1, 0.15) is 11.3 Å². The summed E-state index contributed by atoms with van der Waals surface area (Å²) in [4.78, 5) is 11.2. The van der Waals surface area contributed by atoms with Crippen LogP contribution in [-0.4, -0.2) is 18.2 Å². The largest absolute Gasteiger partial charge is 0.265 e. The number of nitrogens with zero attached hydrogens (tertiary/aromatic N) is 3. The fourth-order valence-electron chi connectivity index (χ4n) is 2.49. The summed E-state index contributed by atoms with van der Waals surface area (Å²) in [6.07, 6.45) is 0. The molecule has 1 N–H and O–H groups in total. The SMILES string of the molecule is Cc1nn(-c2cccc(Cl)c2)c(NS(=O)(=O)Cc2ccccc2)c1N=O. The summed E-state index contributed by atoms with van der Waals surface area (Å²) in [7, 11) is -3.79. The van der Waals surface area contributed by atoms with E-state index in [9.17, 15) is 13.3 Å². The molecule has 0 fully saturated rings. The summed E-state index contributed by atoms with van der Waals surface area (Å²) in [6.45, 7) is 1.58. The van der Waals surface area contributed by atoms with Crippen molar-refractivity contribution in [3.63, 3.8) is 0 Å².